The highest BCUT2D eigenvalue weighted by molar-refractivity contribution is 7.92. The Morgan fingerprint density at radius 3 is 2.65 bits per heavy atom. The molecule has 8 heteroatoms. The lowest BCUT2D eigenvalue weighted by molar-refractivity contribution is 0.174. The maximum Gasteiger partial charge on any atom is 0.267 e. The second kappa shape index (κ2) is 4.41. The van der Waals surface area contributed by atoms with Crippen LogP contribution in [0.2, 0.25) is 0 Å². The van der Waals surface area contributed by atoms with E-state index in [4.69, 9.17) is 14.0 Å². The van der Waals surface area contributed by atoms with E-state index in [1.54, 1.807) is 32.0 Å². The third-order valence-corrected chi connectivity index (χ3v) is 4.49. The van der Waals surface area contributed by atoms with Crippen LogP contribution in [-0.2, 0) is 10.0 Å². The Bertz CT molecular complexity index is 747. The molecule has 1 N–H and O–H groups in total. The number of anilines is 1. The van der Waals surface area contributed by atoms with Gasteiger partial charge in [0.15, 0.2) is 22.2 Å². The van der Waals surface area contributed by atoms with Gasteiger partial charge in [0.1, 0.15) is 5.69 Å². The Morgan fingerprint density at radius 1 is 1.20 bits per heavy atom. The molecule has 0 bridgehead atoms. The van der Waals surface area contributed by atoms with Gasteiger partial charge in [0.2, 0.25) is 6.79 Å². The fourth-order valence-electron chi connectivity index (χ4n) is 2.02. The summed E-state index contributed by atoms with van der Waals surface area (Å²) in [4.78, 5) is 0.0511. The van der Waals surface area contributed by atoms with Crippen LogP contribution in [0.25, 0.3) is 0 Å². The first-order chi connectivity index (χ1) is 9.47. The Labute approximate surface area is 115 Å². The number of fused-ring (bicyclic) bond motifs is 1. The molecule has 0 atom stereocenters. The molecule has 1 aromatic carbocycles. The summed E-state index contributed by atoms with van der Waals surface area (Å²) in [5.41, 5.74) is 0.699. The topological polar surface area (TPSA) is 90.7 Å². The van der Waals surface area contributed by atoms with Crippen LogP contribution >= 0.6 is 0 Å². The summed E-state index contributed by atoms with van der Waals surface area (Å²) in [6, 6.07) is 4.81. The average molecular weight is 296 g/mol. The van der Waals surface area contributed by atoms with Gasteiger partial charge in [-0.3, -0.25) is 4.72 Å². The lowest BCUT2D eigenvalue weighted by Gasteiger charge is -2.08. The highest BCUT2D eigenvalue weighted by atomic mass is 32.2. The summed E-state index contributed by atoms with van der Waals surface area (Å²) in [6.45, 7) is 3.26. The van der Waals surface area contributed by atoms with Gasteiger partial charge in [-0.15, -0.1) is 0 Å². The van der Waals surface area contributed by atoms with Gasteiger partial charge in [0, 0.05) is 6.07 Å². The SMILES string of the molecule is Cc1noc(C)c1S(=O)(=O)Nc1ccc2c(c1)OCO2. The predicted octanol–water partition coefficient (Wildman–Crippen LogP) is 1.82. The van der Waals surface area contributed by atoms with Crippen LogP contribution in [0.1, 0.15) is 11.5 Å². The van der Waals surface area contributed by atoms with E-state index < -0.39 is 10.0 Å². The van der Waals surface area contributed by atoms with Crippen molar-refractivity contribution in [3.63, 3.8) is 0 Å². The molecule has 0 fully saturated rings. The zero-order valence-electron chi connectivity index (χ0n) is 10.8. The minimum absolute atomic E-state index is 0.0511. The summed E-state index contributed by atoms with van der Waals surface area (Å²) in [5, 5.41) is 3.64. The van der Waals surface area contributed by atoms with Crippen molar-refractivity contribution >= 4 is 15.7 Å². The molecule has 1 aromatic heterocycles. The van der Waals surface area contributed by atoms with Crippen molar-refractivity contribution < 1.29 is 22.4 Å². The number of ether oxygens (including phenoxy) is 2. The van der Waals surface area contributed by atoms with E-state index in [1.807, 2.05) is 0 Å². The minimum atomic E-state index is -3.75. The number of hydrogen-bond acceptors (Lipinski definition) is 6. The van der Waals surface area contributed by atoms with Crippen molar-refractivity contribution in [1.29, 1.82) is 0 Å². The van der Waals surface area contributed by atoms with Gasteiger partial charge < -0.3 is 14.0 Å². The zero-order valence-corrected chi connectivity index (χ0v) is 11.7. The van der Waals surface area contributed by atoms with Crippen LogP contribution in [-0.4, -0.2) is 20.4 Å². The third kappa shape index (κ3) is 2.07. The van der Waals surface area contributed by atoms with E-state index in [-0.39, 0.29) is 17.4 Å². The summed E-state index contributed by atoms with van der Waals surface area (Å²) in [7, 11) is -3.75. The Morgan fingerprint density at radius 2 is 1.95 bits per heavy atom. The maximum atomic E-state index is 12.3. The zero-order chi connectivity index (χ0) is 14.3. The molecule has 0 amide bonds. The van der Waals surface area contributed by atoms with Gasteiger partial charge in [-0.05, 0) is 26.0 Å². The highest BCUT2D eigenvalue weighted by Crippen LogP contribution is 2.35. The van der Waals surface area contributed by atoms with E-state index >= 15 is 0 Å². The Hall–Kier alpha value is -2.22. The number of nitrogens with one attached hydrogen (secondary N) is 1. The van der Waals surface area contributed by atoms with Gasteiger partial charge in [-0.2, -0.15) is 0 Å². The Balaban J connectivity index is 1.94. The average Bonchev–Trinajstić information content (AvgIpc) is 2.95. The van der Waals surface area contributed by atoms with Crippen molar-refractivity contribution in [3.05, 3.63) is 29.7 Å². The predicted molar refractivity (Wildman–Crippen MR) is 69.4 cm³/mol. The van der Waals surface area contributed by atoms with E-state index in [9.17, 15) is 8.42 Å². The van der Waals surface area contributed by atoms with Crippen LogP contribution in [0.15, 0.2) is 27.6 Å². The fraction of sp³-hybridized carbons (Fsp3) is 0.250. The van der Waals surface area contributed by atoms with Crippen LogP contribution in [0.3, 0.4) is 0 Å². The summed E-state index contributed by atoms with van der Waals surface area (Å²) in [5.74, 6) is 1.34. The molecule has 2 heterocycles. The molecule has 0 saturated heterocycles. The smallest absolute Gasteiger partial charge is 0.267 e. The number of benzene rings is 1. The second-order valence-corrected chi connectivity index (χ2v) is 5.95. The molecule has 1 aliphatic heterocycles. The molecule has 1 aliphatic rings. The first kappa shape index (κ1) is 12.8. The largest absolute Gasteiger partial charge is 0.454 e. The highest BCUT2D eigenvalue weighted by Gasteiger charge is 2.25. The molecule has 3 rings (SSSR count). The number of hydrogen-bond donors (Lipinski definition) is 1. The summed E-state index contributed by atoms with van der Waals surface area (Å²) in [6.07, 6.45) is 0. The number of sulfonamides is 1. The van der Waals surface area contributed by atoms with Gasteiger partial charge in [0.05, 0.1) is 5.69 Å². The van der Waals surface area contributed by atoms with Crippen molar-refractivity contribution in [3.8, 4) is 11.5 Å². The molecular formula is C12H12N2O5S. The van der Waals surface area contributed by atoms with Crippen LogP contribution < -0.4 is 14.2 Å². The first-order valence-electron chi connectivity index (χ1n) is 5.83. The van der Waals surface area contributed by atoms with Crippen molar-refractivity contribution in [2.75, 3.05) is 11.5 Å². The first-order valence-corrected chi connectivity index (χ1v) is 7.31. The lowest BCUT2D eigenvalue weighted by Crippen LogP contribution is -2.14. The molecule has 20 heavy (non-hydrogen) atoms. The summed E-state index contributed by atoms with van der Waals surface area (Å²) >= 11 is 0. The maximum absolute atomic E-state index is 12.3. The standard InChI is InChI=1S/C12H12N2O5S/c1-7-12(8(2)19-13-7)20(15,16)14-9-3-4-10-11(5-9)18-6-17-10/h3-5,14H,6H2,1-2H3. The molecule has 0 aliphatic carbocycles. The van der Waals surface area contributed by atoms with Crippen LogP contribution in [0, 0.1) is 13.8 Å². The molecule has 0 radical (unpaired) electrons. The van der Waals surface area contributed by atoms with Crippen LogP contribution in [0.5, 0.6) is 11.5 Å². The second-order valence-electron chi connectivity index (χ2n) is 4.33. The number of aromatic nitrogens is 1. The van der Waals surface area contributed by atoms with E-state index in [2.05, 4.69) is 9.88 Å². The number of nitrogens with zero attached hydrogens (tertiary/aromatic N) is 1. The van der Waals surface area contributed by atoms with Crippen molar-refractivity contribution in [2.24, 2.45) is 0 Å². The Kier molecular flexibility index (Phi) is 2.82. The van der Waals surface area contributed by atoms with Crippen molar-refractivity contribution in [2.45, 2.75) is 18.7 Å². The van der Waals surface area contributed by atoms with Gasteiger partial charge in [-0.25, -0.2) is 8.42 Å². The number of rotatable bonds is 3. The molecule has 0 saturated carbocycles. The van der Waals surface area contributed by atoms with E-state index in [0.717, 1.165) is 0 Å². The monoisotopic (exact) mass is 296 g/mol. The van der Waals surface area contributed by atoms with Gasteiger partial charge in [-0.1, -0.05) is 5.16 Å². The molecule has 0 spiro atoms. The van der Waals surface area contributed by atoms with Crippen LogP contribution in [0.4, 0.5) is 5.69 Å². The fourth-order valence-corrected chi connectivity index (χ4v) is 3.41. The van der Waals surface area contributed by atoms with E-state index in [1.165, 1.54) is 0 Å². The third-order valence-electron chi connectivity index (χ3n) is 2.86. The minimum Gasteiger partial charge on any atom is -0.454 e. The normalized spacial score (nSPS) is 13.5. The lowest BCUT2D eigenvalue weighted by atomic mass is 10.3. The quantitative estimate of drug-likeness (QED) is 0.929. The summed E-state index contributed by atoms with van der Waals surface area (Å²) < 4.78 is 42.4. The molecule has 106 valence electrons. The molecular weight excluding hydrogens is 284 g/mol. The van der Waals surface area contributed by atoms with Gasteiger partial charge >= 0.3 is 0 Å². The number of aryl methyl sites for hydroxylation is 2. The molecule has 0 unspecified atom stereocenters. The van der Waals surface area contributed by atoms with Gasteiger partial charge in [0.25, 0.3) is 10.0 Å². The van der Waals surface area contributed by atoms with E-state index in [0.29, 0.717) is 22.9 Å². The molecule has 7 nitrogen and oxygen atoms in total. The van der Waals surface area contributed by atoms with Crippen molar-refractivity contribution in [1.82, 2.24) is 5.16 Å². The molecule has 2 aromatic rings.